The molecule has 0 unspecified atom stereocenters. The lowest BCUT2D eigenvalue weighted by Gasteiger charge is -2.08. The Labute approximate surface area is 111 Å². The maximum absolute atomic E-state index is 4.21. The highest BCUT2D eigenvalue weighted by molar-refractivity contribution is 5.50. The van der Waals surface area contributed by atoms with E-state index in [0.717, 1.165) is 17.1 Å². The predicted octanol–water partition coefficient (Wildman–Crippen LogP) is 2.27. The number of benzene rings is 1. The largest absolute Gasteiger partial charge is 0.379 e. The Hall–Kier alpha value is -2.69. The molecule has 5 heteroatoms. The van der Waals surface area contributed by atoms with Gasteiger partial charge in [-0.2, -0.15) is 5.10 Å². The quantitative estimate of drug-likeness (QED) is 0.773. The van der Waals surface area contributed by atoms with Crippen molar-refractivity contribution in [3.63, 3.8) is 0 Å². The molecule has 1 aromatic carbocycles. The first-order valence-corrected chi connectivity index (χ1v) is 6.01. The fourth-order valence-electron chi connectivity index (χ4n) is 1.80. The molecule has 0 saturated heterocycles. The van der Waals surface area contributed by atoms with Crippen molar-refractivity contribution >= 4 is 5.69 Å². The zero-order chi connectivity index (χ0) is 12.9. The van der Waals surface area contributed by atoms with Gasteiger partial charge >= 0.3 is 0 Å². The van der Waals surface area contributed by atoms with E-state index in [4.69, 9.17) is 0 Å². The lowest BCUT2D eigenvalue weighted by Crippen LogP contribution is -2.02. The van der Waals surface area contributed by atoms with Gasteiger partial charge in [-0.25, -0.2) is 14.6 Å². The molecule has 0 atom stereocenters. The summed E-state index contributed by atoms with van der Waals surface area (Å²) in [5.41, 5.74) is 3.02. The third-order valence-corrected chi connectivity index (χ3v) is 2.73. The molecule has 0 bridgehead atoms. The maximum Gasteiger partial charge on any atom is 0.115 e. The molecule has 0 aliphatic carbocycles. The highest BCUT2D eigenvalue weighted by Gasteiger charge is 1.99. The third-order valence-electron chi connectivity index (χ3n) is 2.73. The molecule has 0 spiro atoms. The van der Waals surface area contributed by atoms with Gasteiger partial charge in [-0.1, -0.05) is 6.07 Å². The van der Waals surface area contributed by atoms with Crippen LogP contribution in [0.15, 0.2) is 61.3 Å². The van der Waals surface area contributed by atoms with Crippen LogP contribution in [0.2, 0.25) is 0 Å². The van der Waals surface area contributed by atoms with E-state index in [-0.39, 0.29) is 0 Å². The van der Waals surface area contributed by atoms with Crippen molar-refractivity contribution in [2.75, 3.05) is 5.32 Å². The summed E-state index contributed by atoms with van der Waals surface area (Å²) in [7, 11) is 0. The van der Waals surface area contributed by atoms with Crippen molar-refractivity contribution in [2.45, 2.75) is 6.54 Å². The second-order valence-corrected chi connectivity index (χ2v) is 4.06. The minimum Gasteiger partial charge on any atom is -0.379 e. The number of aromatic nitrogens is 4. The zero-order valence-electron chi connectivity index (χ0n) is 10.3. The molecule has 0 amide bonds. The topological polar surface area (TPSA) is 55.6 Å². The van der Waals surface area contributed by atoms with E-state index in [2.05, 4.69) is 20.4 Å². The summed E-state index contributed by atoms with van der Waals surface area (Å²) in [4.78, 5) is 8.07. The minimum absolute atomic E-state index is 0.672. The van der Waals surface area contributed by atoms with Crippen LogP contribution >= 0.6 is 0 Å². The van der Waals surface area contributed by atoms with Crippen molar-refractivity contribution in [3.05, 3.63) is 67.0 Å². The lowest BCUT2D eigenvalue weighted by molar-refractivity contribution is 0.880. The summed E-state index contributed by atoms with van der Waals surface area (Å²) in [5.74, 6) is 0. The van der Waals surface area contributed by atoms with Gasteiger partial charge in [0.2, 0.25) is 0 Å². The van der Waals surface area contributed by atoms with Gasteiger partial charge in [-0.15, -0.1) is 0 Å². The Balaban J connectivity index is 1.74. The summed E-state index contributed by atoms with van der Waals surface area (Å²) in [6, 6.07) is 11.9. The van der Waals surface area contributed by atoms with E-state index >= 15 is 0 Å². The van der Waals surface area contributed by atoms with Crippen LogP contribution in [-0.2, 0) is 6.54 Å². The molecular formula is C14H13N5. The second kappa shape index (κ2) is 5.30. The molecule has 94 valence electrons. The molecule has 0 radical (unpaired) electrons. The van der Waals surface area contributed by atoms with Crippen LogP contribution in [0.3, 0.4) is 0 Å². The molecule has 0 aliphatic heterocycles. The van der Waals surface area contributed by atoms with Crippen molar-refractivity contribution in [2.24, 2.45) is 0 Å². The van der Waals surface area contributed by atoms with Gasteiger partial charge in [0.15, 0.2) is 0 Å². The molecule has 5 nitrogen and oxygen atoms in total. The van der Waals surface area contributed by atoms with E-state index in [0.29, 0.717) is 6.54 Å². The van der Waals surface area contributed by atoms with Gasteiger partial charge in [0.25, 0.3) is 0 Å². The number of nitrogens with one attached hydrogen (secondary N) is 1. The lowest BCUT2D eigenvalue weighted by atomic mass is 10.2. The standard InChI is InChI=1S/C14H13N5/c1-3-12(16-10-13-5-7-15-11-17-13)9-14(4-1)19-8-2-6-18-19/h1-9,11,16H,10H2. The van der Waals surface area contributed by atoms with Gasteiger partial charge in [-0.05, 0) is 30.3 Å². The summed E-state index contributed by atoms with van der Waals surface area (Å²) < 4.78 is 1.83. The Morgan fingerprint density at radius 1 is 1.11 bits per heavy atom. The van der Waals surface area contributed by atoms with Crippen molar-refractivity contribution in [3.8, 4) is 5.69 Å². The van der Waals surface area contributed by atoms with Crippen molar-refractivity contribution < 1.29 is 0 Å². The number of nitrogens with zero attached hydrogens (tertiary/aromatic N) is 4. The molecule has 2 heterocycles. The Morgan fingerprint density at radius 3 is 2.89 bits per heavy atom. The number of hydrogen-bond donors (Lipinski definition) is 1. The molecular weight excluding hydrogens is 238 g/mol. The molecule has 1 N–H and O–H groups in total. The monoisotopic (exact) mass is 251 g/mol. The fourth-order valence-corrected chi connectivity index (χ4v) is 1.80. The van der Waals surface area contributed by atoms with Gasteiger partial charge in [0, 0.05) is 24.3 Å². The Bertz CT molecular complexity index is 634. The number of rotatable bonds is 4. The van der Waals surface area contributed by atoms with Crippen LogP contribution in [0.1, 0.15) is 5.69 Å². The molecule has 3 rings (SSSR count). The van der Waals surface area contributed by atoms with Gasteiger partial charge in [0.05, 0.1) is 17.9 Å². The normalized spacial score (nSPS) is 10.3. The smallest absolute Gasteiger partial charge is 0.115 e. The number of hydrogen-bond acceptors (Lipinski definition) is 4. The molecule has 0 saturated carbocycles. The van der Waals surface area contributed by atoms with E-state index < -0.39 is 0 Å². The van der Waals surface area contributed by atoms with E-state index in [1.165, 1.54) is 0 Å². The average molecular weight is 251 g/mol. The molecule has 0 fully saturated rings. The first-order valence-electron chi connectivity index (χ1n) is 6.01. The van der Waals surface area contributed by atoms with Gasteiger partial charge in [0.1, 0.15) is 6.33 Å². The minimum atomic E-state index is 0.672. The molecule has 0 aliphatic rings. The van der Waals surface area contributed by atoms with Crippen molar-refractivity contribution in [1.29, 1.82) is 0 Å². The van der Waals surface area contributed by atoms with Crippen LogP contribution < -0.4 is 5.32 Å². The van der Waals surface area contributed by atoms with Crippen LogP contribution in [-0.4, -0.2) is 19.7 Å². The van der Waals surface area contributed by atoms with Crippen LogP contribution in [0.4, 0.5) is 5.69 Å². The summed E-state index contributed by atoms with van der Waals surface area (Å²) in [6.07, 6.45) is 6.98. The number of anilines is 1. The van der Waals surface area contributed by atoms with Crippen LogP contribution in [0, 0.1) is 0 Å². The van der Waals surface area contributed by atoms with E-state index in [1.54, 1.807) is 18.7 Å². The summed E-state index contributed by atoms with van der Waals surface area (Å²) in [6.45, 7) is 0.672. The summed E-state index contributed by atoms with van der Waals surface area (Å²) in [5, 5.41) is 7.55. The highest BCUT2D eigenvalue weighted by atomic mass is 15.3. The molecule has 3 aromatic rings. The highest BCUT2D eigenvalue weighted by Crippen LogP contribution is 2.14. The van der Waals surface area contributed by atoms with Gasteiger partial charge < -0.3 is 5.32 Å². The molecule has 19 heavy (non-hydrogen) atoms. The van der Waals surface area contributed by atoms with Gasteiger partial charge in [-0.3, -0.25) is 0 Å². The van der Waals surface area contributed by atoms with Crippen LogP contribution in [0.5, 0.6) is 0 Å². The third kappa shape index (κ3) is 2.77. The zero-order valence-corrected chi connectivity index (χ0v) is 10.3. The Morgan fingerprint density at radius 2 is 2.11 bits per heavy atom. The first-order chi connectivity index (χ1) is 9.42. The second-order valence-electron chi connectivity index (χ2n) is 4.06. The Kier molecular flexibility index (Phi) is 3.18. The fraction of sp³-hybridized carbons (Fsp3) is 0.0714. The average Bonchev–Trinajstić information content (AvgIpc) is 3.01. The first kappa shape index (κ1) is 11.4. The summed E-state index contributed by atoms with van der Waals surface area (Å²) >= 11 is 0. The van der Waals surface area contributed by atoms with E-state index in [9.17, 15) is 0 Å². The maximum atomic E-state index is 4.21. The van der Waals surface area contributed by atoms with E-state index in [1.807, 2.05) is 47.3 Å². The van der Waals surface area contributed by atoms with Crippen LogP contribution in [0.25, 0.3) is 5.69 Å². The molecule has 2 aromatic heterocycles. The van der Waals surface area contributed by atoms with Crippen molar-refractivity contribution in [1.82, 2.24) is 19.7 Å². The predicted molar refractivity (Wildman–Crippen MR) is 72.9 cm³/mol. The SMILES string of the molecule is c1cc(NCc2ccncn2)cc(-n2cccn2)c1.